The molecule has 82 valence electrons. The van der Waals surface area contributed by atoms with E-state index in [0.717, 1.165) is 6.08 Å². The van der Waals surface area contributed by atoms with Crippen molar-refractivity contribution in [1.29, 1.82) is 0 Å². The first kappa shape index (κ1) is 13.6. The number of hydrogen-bond donors (Lipinski definition) is 2. The topological polar surface area (TPSA) is 74.6 Å². The highest BCUT2D eigenvalue weighted by molar-refractivity contribution is 5.79. The summed E-state index contributed by atoms with van der Waals surface area (Å²) in [5.41, 5.74) is 12.0. The van der Waals surface area contributed by atoms with Crippen molar-refractivity contribution in [2.45, 2.75) is 19.3 Å². The van der Waals surface area contributed by atoms with Gasteiger partial charge >= 0.3 is 11.9 Å². The van der Waals surface area contributed by atoms with Crippen LogP contribution in [0.25, 0.3) is 0 Å². The third-order valence-electron chi connectivity index (χ3n) is 1.31. The fourth-order valence-electron chi connectivity index (χ4n) is 0.680. The number of carboxylic acids is 2. The summed E-state index contributed by atoms with van der Waals surface area (Å²) in [5.74, 6) is -1.93. The molecule has 0 aliphatic heterocycles. The highest BCUT2D eigenvalue weighted by Crippen LogP contribution is 1.94. The van der Waals surface area contributed by atoms with E-state index < -0.39 is 11.9 Å². The van der Waals surface area contributed by atoms with Gasteiger partial charge in [0.05, 0.1) is 6.08 Å². The van der Waals surface area contributed by atoms with E-state index in [2.05, 4.69) is 28.7 Å². The lowest BCUT2D eigenvalue weighted by Gasteiger charge is -1.86. The van der Waals surface area contributed by atoms with Gasteiger partial charge in [-0.3, -0.25) is 4.79 Å². The van der Waals surface area contributed by atoms with Crippen molar-refractivity contribution in [1.82, 2.24) is 0 Å². The monoisotopic (exact) mass is 218 g/mol. The molecule has 0 atom stereocenters. The number of carbonyl (C=O) groups is 2. The van der Waals surface area contributed by atoms with Gasteiger partial charge in [0.15, 0.2) is 0 Å². The minimum Gasteiger partial charge on any atom is -0.481 e. The second kappa shape index (κ2) is 9.15. The average molecular weight is 218 g/mol. The summed E-state index contributed by atoms with van der Waals surface area (Å²) in [6.07, 6.45) is 3.68. The van der Waals surface area contributed by atoms with Crippen molar-refractivity contribution in [2.75, 3.05) is 0 Å². The van der Waals surface area contributed by atoms with Crippen LogP contribution < -0.4 is 0 Å². The first-order valence-electron chi connectivity index (χ1n) is 4.48. The lowest BCUT2D eigenvalue weighted by molar-refractivity contribution is -0.137. The van der Waals surface area contributed by atoms with Gasteiger partial charge in [0.2, 0.25) is 0 Å². The van der Waals surface area contributed by atoms with Crippen LogP contribution in [0.1, 0.15) is 19.3 Å². The third-order valence-corrected chi connectivity index (χ3v) is 1.31. The van der Waals surface area contributed by atoms with Gasteiger partial charge in [-0.25, -0.2) is 4.79 Å². The van der Waals surface area contributed by atoms with Crippen LogP contribution in [0, 0.1) is 0 Å². The first-order chi connectivity index (χ1) is 7.63. The number of hydrogen-bond acceptors (Lipinski definition) is 2. The van der Waals surface area contributed by atoms with Crippen LogP contribution in [-0.4, -0.2) is 22.2 Å². The molecule has 0 bridgehead atoms. The van der Waals surface area contributed by atoms with E-state index >= 15 is 0 Å². The lowest BCUT2D eigenvalue weighted by Crippen LogP contribution is -1.92. The zero-order valence-electron chi connectivity index (χ0n) is 8.49. The van der Waals surface area contributed by atoms with Gasteiger partial charge in [-0.1, -0.05) is 11.5 Å². The van der Waals surface area contributed by atoms with Gasteiger partial charge in [0, 0.05) is 6.42 Å². The summed E-state index contributed by atoms with van der Waals surface area (Å²) in [5, 5.41) is 16.5. The van der Waals surface area contributed by atoms with E-state index in [4.69, 9.17) is 10.2 Å². The molecule has 0 saturated heterocycles. The van der Waals surface area contributed by atoms with Crippen molar-refractivity contribution in [3.63, 3.8) is 0 Å². The Morgan fingerprint density at radius 2 is 1.75 bits per heavy atom. The Morgan fingerprint density at radius 3 is 2.38 bits per heavy atom. The molecule has 0 unspecified atom stereocenters. The van der Waals surface area contributed by atoms with Crippen molar-refractivity contribution < 1.29 is 19.8 Å². The van der Waals surface area contributed by atoms with E-state index in [-0.39, 0.29) is 6.42 Å². The maximum absolute atomic E-state index is 10.1. The smallest absolute Gasteiger partial charge is 0.336 e. The van der Waals surface area contributed by atoms with Crippen LogP contribution in [0.5, 0.6) is 0 Å². The molecule has 16 heavy (non-hydrogen) atoms. The van der Waals surface area contributed by atoms with Crippen molar-refractivity contribution >= 4 is 11.9 Å². The third kappa shape index (κ3) is 11.6. The Hall–Kier alpha value is -2.42. The molecule has 0 spiro atoms. The minimum absolute atomic E-state index is 0.124. The highest BCUT2D eigenvalue weighted by atomic mass is 16.4. The average Bonchev–Trinajstić information content (AvgIpc) is 2.20. The quantitative estimate of drug-likeness (QED) is 0.418. The molecule has 0 aliphatic carbocycles. The molecule has 0 heterocycles. The Morgan fingerprint density at radius 1 is 1.06 bits per heavy atom. The van der Waals surface area contributed by atoms with Gasteiger partial charge in [-0.2, -0.15) is 0 Å². The van der Waals surface area contributed by atoms with E-state index in [1.165, 1.54) is 0 Å². The molecule has 0 rings (SSSR count). The van der Waals surface area contributed by atoms with Crippen LogP contribution >= 0.6 is 0 Å². The standard InChI is InChI=1S/C12H10O4/c13-11(14)9-7-5-3-1-2-4-6-8-10-12(15)16/h3,10H,5,7,9H2,(H,13,14)(H,15,16). The molecule has 0 radical (unpaired) electrons. The Bertz CT molecular complexity index is 455. The predicted octanol–water partition coefficient (Wildman–Crippen LogP) is 1.66. The molecule has 0 aliphatic rings. The van der Waals surface area contributed by atoms with Crippen LogP contribution in [0.15, 0.2) is 40.8 Å². The largest absolute Gasteiger partial charge is 0.481 e. The molecule has 0 amide bonds. The zero-order valence-corrected chi connectivity index (χ0v) is 8.49. The van der Waals surface area contributed by atoms with E-state index in [0.29, 0.717) is 12.8 Å². The predicted molar refractivity (Wildman–Crippen MR) is 55.8 cm³/mol. The summed E-state index contributed by atoms with van der Waals surface area (Å²) in [6, 6.07) is 0. The van der Waals surface area contributed by atoms with E-state index in [1.54, 1.807) is 6.08 Å². The summed E-state index contributed by atoms with van der Waals surface area (Å²) >= 11 is 0. The summed E-state index contributed by atoms with van der Waals surface area (Å²) in [7, 11) is 0. The molecule has 0 aromatic carbocycles. The number of unbranched alkanes of at least 4 members (excludes halogenated alkanes) is 1. The molecule has 0 saturated carbocycles. The highest BCUT2D eigenvalue weighted by Gasteiger charge is 1.92. The number of aliphatic carboxylic acids is 2. The second-order valence-electron chi connectivity index (χ2n) is 2.64. The maximum atomic E-state index is 10.1. The Labute approximate surface area is 92.5 Å². The summed E-state index contributed by atoms with van der Waals surface area (Å²) in [4.78, 5) is 20.1. The fourth-order valence-corrected chi connectivity index (χ4v) is 0.680. The second-order valence-corrected chi connectivity index (χ2v) is 2.64. The van der Waals surface area contributed by atoms with E-state index in [9.17, 15) is 9.59 Å². The molecule has 2 N–H and O–H groups in total. The Balaban J connectivity index is 4.22. The number of rotatable bonds is 5. The van der Waals surface area contributed by atoms with Gasteiger partial charge < -0.3 is 10.2 Å². The molecule has 0 fully saturated rings. The molecule has 4 heteroatoms. The van der Waals surface area contributed by atoms with Gasteiger partial charge in [-0.05, 0) is 36.1 Å². The van der Waals surface area contributed by atoms with Crippen LogP contribution in [0.4, 0.5) is 0 Å². The molecular weight excluding hydrogens is 208 g/mol. The zero-order chi connectivity index (χ0) is 12.2. The van der Waals surface area contributed by atoms with Crippen LogP contribution in [0.2, 0.25) is 0 Å². The number of allylic oxidation sites excluding steroid dienone is 1. The lowest BCUT2D eigenvalue weighted by atomic mass is 10.2. The first-order valence-corrected chi connectivity index (χ1v) is 4.48. The SMILES string of the molecule is O=C(O)C=C=C=C=C=C=CCCCC(=O)O. The Kier molecular flexibility index (Phi) is 7.76. The molecule has 4 nitrogen and oxygen atoms in total. The molecule has 0 aromatic rings. The summed E-state index contributed by atoms with van der Waals surface area (Å²) in [6.45, 7) is 0. The van der Waals surface area contributed by atoms with Gasteiger partial charge in [0.25, 0.3) is 0 Å². The fraction of sp³-hybridized carbons (Fsp3) is 0.250. The maximum Gasteiger partial charge on any atom is 0.336 e. The van der Waals surface area contributed by atoms with Crippen molar-refractivity contribution in [3.05, 3.63) is 40.8 Å². The number of carboxylic acid groups (broad SMARTS) is 2. The van der Waals surface area contributed by atoms with Crippen molar-refractivity contribution in [3.8, 4) is 0 Å². The molecule has 0 aromatic heterocycles. The summed E-state index contributed by atoms with van der Waals surface area (Å²) < 4.78 is 0. The van der Waals surface area contributed by atoms with Gasteiger partial charge in [-0.15, -0.1) is 0 Å². The van der Waals surface area contributed by atoms with E-state index in [1.807, 2.05) is 0 Å². The van der Waals surface area contributed by atoms with Crippen molar-refractivity contribution in [2.24, 2.45) is 0 Å². The minimum atomic E-state index is -1.11. The van der Waals surface area contributed by atoms with Crippen LogP contribution in [-0.2, 0) is 9.59 Å². The van der Waals surface area contributed by atoms with Crippen LogP contribution in [0.3, 0.4) is 0 Å². The molecular formula is C12H10O4. The normalized spacial score (nSPS) is 7.25. The van der Waals surface area contributed by atoms with Gasteiger partial charge in [0.1, 0.15) is 0 Å².